The van der Waals surface area contributed by atoms with Gasteiger partial charge in [0.2, 0.25) is 5.91 Å². The predicted molar refractivity (Wildman–Crippen MR) is 104 cm³/mol. The number of benzene rings is 2. The van der Waals surface area contributed by atoms with Crippen LogP contribution in [-0.2, 0) is 4.79 Å². The third kappa shape index (κ3) is 5.28. The minimum absolute atomic E-state index is 0.0678. The zero-order valence-corrected chi connectivity index (χ0v) is 15.0. The smallest absolute Gasteiger partial charge is 0.251 e. The summed E-state index contributed by atoms with van der Waals surface area (Å²) in [6.45, 7) is 0. The average Bonchev–Trinajstić information content (AvgIpc) is 3.50. The van der Waals surface area contributed by atoms with Gasteiger partial charge < -0.3 is 16.0 Å². The van der Waals surface area contributed by atoms with Crippen LogP contribution in [0.3, 0.4) is 0 Å². The summed E-state index contributed by atoms with van der Waals surface area (Å²) in [7, 11) is 1.55. The van der Waals surface area contributed by atoms with Gasteiger partial charge in [0.15, 0.2) is 0 Å². The monoisotopic (exact) mass is 363 g/mol. The van der Waals surface area contributed by atoms with Gasteiger partial charge in [0.25, 0.3) is 11.8 Å². The van der Waals surface area contributed by atoms with Crippen LogP contribution in [0.25, 0.3) is 6.08 Å². The van der Waals surface area contributed by atoms with Gasteiger partial charge in [-0.2, -0.15) is 0 Å². The van der Waals surface area contributed by atoms with Gasteiger partial charge in [-0.15, -0.1) is 0 Å². The number of rotatable bonds is 6. The van der Waals surface area contributed by atoms with Crippen LogP contribution in [0.15, 0.2) is 54.6 Å². The van der Waals surface area contributed by atoms with Crippen LogP contribution in [0.5, 0.6) is 0 Å². The molecule has 0 spiro atoms. The van der Waals surface area contributed by atoms with Crippen LogP contribution in [0, 0.1) is 0 Å². The summed E-state index contributed by atoms with van der Waals surface area (Å²) in [6.07, 6.45) is 5.17. The third-order valence-corrected chi connectivity index (χ3v) is 4.13. The Morgan fingerprint density at radius 1 is 0.963 bits per heavy atom. The molecule has 3 amide bonds. The molecular weight excluding hydrogens is 342 g/mol. The fourth-order valence-corrected chi connectivity index (χ4v) is 2.48. The Morgan fingerprint density at radius 2 is 1.70 bits per heavy atom. The van der Waals surface area contributed by atoms with Crippen molar-refractivity contribution in [3.8, 4) is 0 Å². The van der Waals surface area contributed by atoms with Gasteiger partial charge in [0.1, 0.15) is 0 Å². The van der Waals surface area contributed by atoms with Gasteiger partial charge in [-0.05, 0) is 54.8 Å². The van der Waals surface area contributed by atoms with Crippen molar-refractivity contribution >= 4 is 29.5 Å². The normalized spacial score (nSPS) is 13.2. The average molecular weight is 363 g/mol. The maximum Gasteiger partial charge on any atom is 0.251 e. The van der Waals surface area contributed by atoms with Crippen molar-refractivity contribution in [2.75, 3.05) is 12.4 Å². The van der Waals surface area contributed by atoms with Crippen molar-refractivity contribution in [3.63, 3.8) is 0 Å². The molecule has 6 heteroatoms. The highest BCUT2D eigenvalue weighted by Crippen LogP contribution is 2.19. The molecule has 0 aromatic heterocycles. The van der Waals surface area contributed by atoms with Crippen LogP contribution in [0.1, 0.15) is 39.1 Å². The van der Waals surface area contributed by atoms with E-state index in [1.54, 1.807) is 61.7 Å². The van der Waals surface area contributed by atoms with E-state index in [1.807, 2.05) is 0 Å². The largest absolute Gasteiger partial charge is 0.355 e. The standard InChI is InChI=1S/C21H21N3O3/c1-22-20(26)16-3-2-4-18(13-16)23-19(25)12-7-14-5-8-15(9-6-14)21(27)24-17-10-11-17/h2-9,12-13,17H,10-11H2,1H3,(H,22,26)(H,23,25)(H,24,27)/b12-7+. The number of hydrogen-bond acceptors (Lipinski definition) is 3. The summed E-state index contributed by atoms with van der Waals surface area (Å²) in [5, 5.41) is 8.19. The second kappa shape index (κ2) is 8.31. The number of carbonyl (C=O) groups excluding carboxylic acids is 3. The maximum atomic E-state index is 12.1. The highest BCUT2D eigenvalue weighted by atomic mass is 16.2. The molecule has 2 aromatic carbocycles. The van der Waals surface area contributed by atoms with E-state index in [2.05, 4.69) is 16.0 Å². The first-order valence-electron chi connectivity index (χ1n) is 8.77. The van der Waals surface area contributed by atoms with Gasteiger partial charge in [0.05, 0.1) is 0 Å². The lowest BCUT2D eigenvalue weighted by Crippen LogP contribution is -2.25. The quantitative estimate of drug-likeness (QED) is 0.690. The van der Waals surface area contributed by atoms with E-state index in [0.29, 0.717) is 22.9 Å². The molecule has 0 radical (unpaired) electrons. The van der Waals surface area contributed by atoms with Crippen LogP contribution in [0.2, 0.25) is 0 Å². The van der Waals surface area contributed by atoms with Crippen LogP contribution in [-0.4, -0.2) is 30.8 Å². The Balaban J connectivity index is 1.58. The van der Waals surface area contributed by atoms with E-state index < -0.39 is 0 Å². The van der Waals surface area contributed by atoms with E-state index in [4.69, 9.17) is 0 Å². The molecular formula is C21H21N3O3. The molecule has 0 bridgehead atoms. The van der Waals surface area contributed by atoms with Crippen LogP contribution in [0.4, 0.5) is 5.69 Å². The fraction of sp³-hybridized carbons (Fsp3) is 0.190. The molecule has 1 aliphatic rings. The summed E-state index contributed by atoms with van der Waals surface area (Å²) in [5.74, 6) is -0.589. The first-order chi connectivity index (χ1) is 13.0. The Labute approximate surface area is 157 Å². The molecule has 6 nitrogen and oxygen atoms in total. The number of anilines is 1. The molecule has 3 N–H and O–H groups in total. The number of amides is 3. The third-order valence-electron chi connectivity index (χ3n) is 4.13. The SMILES string of the molecule is CNC(=O)c1cccc(NC(=O)/C=C/c2ccc(C(=O)NC3CC3)cc2)c1. The van der Waals surface area contributed by atoms with Crippen LogP contribution < -0.4 is 16.0 Å². The molecule has 27 heavy (non-hydrogen) atoms. The second-order valence-corrected chi connectivity index (χ2v) is 6.35. The molecule has 0 atom stereocenters. The second-order valence-electron chi connectivity index (χ2n) is 6.35. The Morgan fingerprint density at radius 3 is 2.37 bits per heavy atom. The van der Waals surface area contributed by atoms with Crippen molar-refractivity contribution in [2.24, 2.45) is 0 Å². The Kier molecular flexibility index (Phi) is 5.66. The molecule has 138 valence electrons. The molecule has 1 aliphatic carbocycles. The van der Waals surface area contributed by atoms with Gasteiger partial charge in [-0.25, -0.2) is 0 Å². The van der Waals surface area contributed by atoms with Gasteiger partial charge in [-0.1, -0.05) is 18.2 Å². The zero-order valence-electron chi connectivity index (χ0n) is 15.0. The minimum atomic E-state index is -0.306. The molecule has 0 saturated heterocycles. The van der Waals surface area contributed by atoms with Crippen molar-refractivity contribution in [2.45, 2.75) is 18.9 Å². The van der Waals surface area contributed by atoms with Gasteiger partial charge in [-0.3, -0.25) is 14.4 Å². The molecule has 2 aromatic rings. The predicted octanol–water partition coefficient (Wildman–Crippen LogP) is 2.59. The molecule has 0 unspecified atom stereocenters. The Bertz CT molecular complexity index is 884. The van der Waals surface area contributed by atoms with Crippen molar-refractivity contribution in [1.82, 2.24) is 10.6 Å². The van der Waals surface area contributed by atoms with Crippen molar-refractivity contribution < 1.29 is 14.4 Å². The lowest BCUT2D eigenvalue weighted by Gasteiger charge is -2.05. The lowest BCUT2D eigenvalue weighted by atomic mass is 10.1. The molecule has 1 fully saturated rings. The highest BCUT2D eigenvalue weighted by Gasteiger charge is 2.23. The maximum absolute atomic E-state index is 12.1. The Hall–Kier alpha value is -3.41. The minimum Gasteiger partial charge on any atom is -0.355 e. The molecule has 0 aliphatic heterocycles. The first kappa shape index (κ1) is 18.4. The summed E-state index contributed by atoms with van der Waals surface area (Å²) in [5.41, 5.74) is 2.43. The van der Waals surface area contributed by atoms with Crippen molar-refractivity contribution in [3.05, 3.63) is 71.3 Å². The number of carbonyl (C=O) groups is 3. The lowest BCUT2D eigenvalue weighted by molar-refractivity contribution is -0.111. The van der Waals surface area contributed by atoms with Crippen molar-refractivity contribution in [1.29, 1.82) is 0 Å². The zero-order chi connectivity index (χ0) is 19.2. The summed E-state index contributed by atoms with van der Waals surface area (Å²) in [4.78, 5) is 35.7. The number of nitrogens with one attached hydrogen (secondary N) is 3. The molecule has 0 heterocycles. The first-order valence-corrected chi connectivity index (χ1v) is 8.77. The van der Waals surface area contributed by atoms with Gasteiger partial charge >= 0.3 is 0 Å². The fourth-order valence-electron chi connectivity index (χ4n) is 2.48. The van der Waals surface area contributed by atoms with Gasteiger partial charge in [0, 0.05) is 36.0 Å². The number of hydrogen-bond donors (Lipinski definition) is 3. The van der Waals surface area contributed by atoms with E-state index >= 15 is 0 Å². The highest BCUT2D eigenvalue weighted by molar-refractivity contribution is 6.03. The van der Waals surface area contributed by atoms with E-state index in [0.717, 1.165) is 18.4 Å². The van der Waals surface area contributed by atoms with E-state index in [9.17, 15) is 14.4 Å². The van der Waals surface area contributed by atoms with E-state index in [-0.39, 0.29) is 17.7 Å². The molecule has 1 saturated carbocycles. The topological polar surface area (TPSA) is 87.3 Å². The van der Waals surface area contributed by atoms with Crippen LogP contribution >= 0.6 is 0 Å². The summed E-state index contributed by atoms with van der Waals surface area (Å²) < 4.78 is 0. The summed E-state index contributed by atoms with van der Waals surface area (Å²) >= 11 is 0. The molecule has 3 rings (SSSR count). The van der Waals surface area contributed by atoms with E-state index in [1.165, 1.54) is 6.08 Å². The summed E-state index contributed by atoms with van der Waals surface area (Å²) in [6, 6.07) is 14.1.